The van der Waals surface area contributed by atoms with Crippen LogP contribution in [0.1, 0.15) is 149 Å². The number of halogens is 12. The molecule has 0 aliphatic rings. The highest BCUT2D eigenvalue weighted by molar-refractivity contribution is 6.42. The average molecular weight is 1710 g/mol. The zero-order chi connectivity index (χ0) is 81.7. The van der Waals surface area contributed by atoms with Gasteiger partial charge in [0.2, 0.25) is 0 Å². The minimum atomic E-state index is -0.849. The summed E-state index contributed by atoms with van der Waals surface area (Å²) in [4.78, 5) is 82.0. The van der Waals surface area contributed by atoms with Crippen molar-refractivity contribution < 1.29 is 32.8 Å². The first-order valence-corrected chi connectivity index (χ1v) is 37.1. The molecule has 0 saturated heterocycles. The molecule has 8 aromatic carbocycles. The van der Waals surface area contributed by atoms with E-state index in [2.05, 4.69) is 47.3 Å². The van der Waals surface area contributed by atoms with Crippen LogP contribution >= 0.6 is 116 Å². The van der Waals surface area contributed by atoms with Crippen molar-refractivity contribution in [1.29, 1.82) is 15.8 Å². The second kappa shape index (κ2) is 40.4. The van der Waals surface area contributed by atoms with Gasteiger partial charge in [-0.25, -0.2) is 8.78 Å². The van der Waals surface area contributed by atoms with E-state index in [0.717, 1.165) is 23.3 Å². The number of benzene rings is 8. The fourth-order valence-electron chi connectivity index (χ4n) is 10.8. The van der Waals surface area contributed by atoms with Gasteiger partial charge in [0.25, 0.3) is 29.5 Å². The summed E-state index contributed by atoms with van der Waals surface area (Å²) < 4.78 is 29.0. The van der Waals surface area contributed by atoms with E-state index in [4.69, 9.17) is 127 Å². The molecule has 17 nitrogen and oxygen atoms in total. The second-order valence-electron chi connectivity index (χ2n) is 24.7. The Hall–Kier alpha value is -11.1. The van der Waals surface area contributed by atoms with Gasteiger partial charge >= 0.3 is 0 Å². The predicted molar refractivity (Wildman–Crippen MR) is 437 cm³/mol. The molecule has 0 unspecified atom stereocenters. The van der Waals surface area contributed by atoms with E-state index >= 15 is 0 Å². The van der Waals surface area contributed by atoms with Gasteiger partial charge in [0.05, 0.1) is 106 Å². The van der Waals surface area contributed by atoms with E-state index in [9.17, 15) is 38.0 Å². The van der Waals surface area contributed by atoms with Crippen LogP contribution in [0.2, 0.25) is 50.2 Å². The lowest BCUT2D eigenvalue weighted by molar-refractivity contribution is 0.0826. The lowest BCUT2D eigenvalue weighted by Gasteiger charge is -2.20. The third kappa shape index (κ3) is 23.5. The Morgan fingerprint density at radius 3 is 1.15 bits per heavy atom. The molecule has 12 rings (SSSR count). The largest absolute Gasteiger partial charge is 0.345 e. The van der Waals surface area contributed by atoms with Gasteiger partial charge in [0, 0.05) is 81.2 Å². The third-order valence-corrected chi connectivity index (χ3v) is 19.4. The summed E-state index contributed by atoms with van der Waals surface area (Å²) in [7, 11) is 3.14. The van der Waals surface area contributed by atoms with Gasteiger partial charge in [0.15, 0.2) is 0 Å². The zero-order valence-electron chi connectivity index (χ0n) is 59.4. The minimum absolute atomic E-state index is 0.0328. The van der Waals surface area contributed by atoms with Crippen LogP contribution in [-0.2, 0) is 0 Å². The van der Waals surface area contributed by atoms with Crippen molar-refractivity contribution in [1.82, 2.24) is 46.1 Å². The number of nitriles is 3. The topological polar surface area (TPSA) is 260 Å². The second-order valence-corrected chi connectivity index (χ2v) is 28.9. The molecule has 0 aliphatic heterocycles. The maximum absolute atomic E-state index is 14.5. The first-order chi connectivity index (χ1) is 54.0. The fourth-order valence-corrected chi connectivity index (χ4v) is 12.1. The van der Waals surface area contributed by atoms with Gasteiger partial charge < -0.3 is 26.2 Å². The van der Waals surface area contributed by atoms with Gasteiger partial charge in [-0.2, -0.15) is 15.8 Å². The van der Waals surface area contributed by atoms with Crippen molar-refractivity contribution in [2.45, 2.75) is 38.0 Å². The molecule has 12 aromatic rings. The van der Waals surface area contributed by atoms with Crippen molar-refractivity contribution in [3.05, 3.63) is 394 Å². The average Bonchev–Trinajstić information content (AvgIpc) is 0.816. The standard InChI is InChI=1S/C23H17Cl3N4O2.C21H14Cl2FN3O.C20H14Cl3FN2O.C20H13Cl2N3O/c1-30(2)23(32)17-9-14(3-4-15(17)11-27)22(31)29-21(20-8-6-16(24)12-28-20)13-5-7-18(25)19(26)10-13;1-12-8-14(2-3-15(12)10-25)21(28)27-19(13-4-6-16(22)7-5-13)20-18(24)9-17(23)11-26-20;1-11-8-13(4-7-16(11)23)20(27)26-18(12-2-5-14(21)6-3-12)19-17(24)9-15(22)10-25-19;21-16-6-4-14(5-7-16)19(18-9-8-17(22)12-24-18)25-20(26)15-3-1-2-13(10-15)11-23/h3-10,12,21H,1-2H3,(H,29,31);2-9,11,19H,1H3,(H,27,28);2-10,18H,1H3,(H,26,27);1-10,12,19H,(H,25,26)/t21-;19-;18-;19-/m0000/s1. The fraction of sp³-hybridized carbons (Fsp3) is 0.0952. The van der Waals surface area contributed by atoms with Crippen LogP contribution in [0.5, 0.6) is 0 Å². The van der Waals surface area contributed by atoms with Crippen LogP contribution < -0.4 is 21.3 Å². The Labute approximate surface area is 698 Å². The molecular weight excluding hydrogens is 1650 g/mol. The molecule has 113 heavy (non-hydrogen) atoms. The van der Waals surface area contributed by atoms with Crippen LogP contribution in [-0.4, -0.2) is 68.5 Å². The van der Waals surface area contributed by atoms with E-state index in [0.29, 0.717) is 102 Å². The normalized spacial score (nSPS) is 11.5. The van der Waals surface area contributed by atoms with Gasteiger partial charge in [0.1, 0.15) is 23.0 Å². The summed E-state index contributed by atoms with van der Waals surface area (Å²) in [6.45, 7) is 3.54. The Morgan fingerprint density at radius 1 is 0.363 bits per heavy atom. The number of hydrogen-bond donors (Lipinski definition) is 4. The minimum Gasteiger partial charge on any atom is -0.345 e. The number of nitrogens with zero attached hydrogens (tertiary/aromatic N) is 8. The summed E-state index contributed by atoms with van der Waals surface area (Å²) in [6.07, 6.45) is 5.66. The molecule has 29 heteroatoms. The molecule has 0 spiro atoms. The quantitative estimate of drug-likeness (QED) is 0.0663. The van der Waals surface area contributed by atoms with E-state index in [1.807, 2.05) is 24.3 Å². The van der Waals surface area contributed by atoms with Crippen molar-refractivity contribution in [2.75, 3.05) is 14.1 Å². The molecule has 4 heterocycles. The molecule has 4 aromatic heterocycles. The maximum Gasteiger partial charge on any atom is 0.254 e. The number of carbonyl (C=O) groups is 5. The monoisotopic (exact) mass is 1700 g/mol. The first kappa shape index (κ1) is 85.9. The van der Waals surface area contributed by atoms with Crippen molar-refractivity contribution >= 4 is 146 Å². The third-order valence-electron chi connectivity index (χ3n) is 16.6. The lowest BCUT2D eigenvalue weighted by atomic mass is 10.0. The maximum atomic E-state index is 14.5. The summed E-state index contributed by atoms with van der Waals surface area (Å²) in [5, 5.41) is 43.1. The summed E-state index contributed by atoms with van der Waals surface area (Å²) in [5.41, 5.74) is 8.02. The van der Waals surface area contributed by atoms with Crippen LogP contribution in [0.15, 0.2) is 231 Å². The Balaban J connectivity index is 0.000000173. The summed E-state index contributed by atoms with van der Waals surface area (Å²) in [6, 6.07) is 58.4. The van der Waals surface area contributed by atoms with E-state index in [1.54, 1.807) is 192 Å². The number of amides is 5. The van der Waals surface area contributed by atoms with Crippen LogP contribution in [0.3, 0.4) is 0 Å². The number of aryl methyl sites for hydroxylation is 2. The van der Waals surface area contributed by atoms with Gasteiger partial charge in [-0.15, -0.1) is 0 Å². The predicted octanol–water partition coefficient (Wildman–Crippen LogP) is 21.1. The van der Waals surface area contributed by atoms with E-state index in [-0.39, 0.29) is 55.8 Å². The molecule has 4 atom stereocenters. The van der Waals surface area contributed by atoms with E-state index in [1.165, 1.54) is 47.9 Å². The Kier molecular flexibility index (Phi) is 30.7. The number of nitrogens with one attached hydrogen (secondary N) is 4. The number of pyridine rings is 4. The van der Waals surface area contributed by atoms with Crippen LogP contribution in [0.4, 0.5) is 8.78 Å². The van der Waals surface area contributed by atoms with Crippen molar-refractivity contribution in [3.63, 3.8) is 0 Å². The molecule has 5 amide bonds. The van der Waals surface area contributed by atoms with Gasteiger partial charge in [-0.1, -0.05) is 165 Å². The van der Waals surface area contributed by atoms with Crippen LogP contribution in [0, 0.1) is 59.5 Å². The Morgan fingerprint density at radius 2 is 0.743 bits per heavy atom. The molecule has 0 fully saturated rings. The molecule has 4 N–H and O–H groups in total. The van der Waals surface area contributed by atoms with Crippen LogP contribution in [0.25, 0.3) is 0 Å². The highest BCUT2D eigenvalue weighted by Gasteiger charge is 2.28. The van der Waals surface area contributed by atoms with E-state index < -0.39 is 47.6 Å². The first-order valence-electron chi connectivity index (χ1n) is 33.3. The molecule has 568 valence electrons. The summed E-state index contributed by atoms with van der Waals surface area (Å²) in [5.74, 6) is -3.21. The Bertz CT molecular complexity index is 5590. The smallest absolute Gasteiger partial charge is 0.254 e. The van der Waals surface area contributed by atoms with Gasteiger partial charge in [-0.05, 0) is 205 Å². The lowest BCUT2D eigenvalue weighted by Crippen LogP contribution is -2.30. The highest BCUT2D eigenvalue weighted by atomic mass is 35.5. The zero-order valence-corrected chi connectivity index (χ0v) is 67.0. The van der Waals surface area contributed by atoms with Crippen molar-refractivity contribution in [3.8, 4) is 18.2 Å². The number of carbonyl (C=O) groups excluding carboxylic acids is 5. The summed E-state index contributed by atoms with van der Waals surface area (Å²) >= 11 is 59.6. The van der Waals surface area contributed by atoms with Gasteiger partial charge in [-0.3, -0.25) is 43.9 Å². The molecule has 0 saturated carbocycles. The molecule has 0 aliphatic carbocycles. The molecular formula is C84H58Cl10F2N12O5. The number of rotatable bonds is 17. The highest BCUT2D eigenvalue weighted by Crippen LogP contribution is 2.33. The molecule has 0 bridgehead atoms. The van der Waals surface area contributed by atoms with Crippen molar-refractivity contribution in [2.24, 2.45) is 0 Å². The molecule has 0 radical (unpaired) electrons. The SMILES string of the molecule is CN(C)C(=O)c1cc(C(=O)N[C@@H](c2ccc(Cl)c(Cl)c2)c2ccc(Cl)cn2)ccc1C#N.Cc1cc(C(=O)N[C@@H](c2ccc(Cl)cc2)c2ncc(Cl)cc2F)ccc1C#N.Cc1cc(C(=O)N[C@@H](c2ccc(Cl)cc2)c2ncc(Cl)cc2F)ccc1Cl.N#Cc1cccc(C(=O)N[C@@H](c2ccc(Cl)cc2)c2ccc(Cl)cn2)c1. The number of hydrogen-bond acceptors (Lipinski definition) is 12. The number of aromatic nitrogens is 4.